The lowest BCUT2D eigenvalue weighted by molar-refractivity contribution is -0.143. The molecule has 11 heteroatoms. The van der Waals surface area contributed by atoms with E-state index in [9.17, 15) is 40.5 Å². The molecular weight excluding hydrogens is 473 g/mol. The number of esters is 1. The third-order valence-corrected chi connectivity index (χ3v) is 7.47. The van der Waals surface area contributed by atoms with Crippen LogP contribution in [0.15, 0.2) is 48.5 Å². The van der Waals surface area contributed by atoms with Crippen molar-refractivity contribution in [1.29, 1.82) is 0 Å². The predicted molar refractivity (Wildman–Crippen MR) is 110 cm³/mol. The zero-order valence-electron chi connectivity index (χ0n) is 17.5. The molecule has 0 radical (unpaired) electrons. The highest BCUT2D eigenvalue weighted by atomic mass is 31.2. The van der Waals surface area contributed by atoms with Crippen LogP contribution in [0.1, 0.15) is 47.7 Å². The fourth-order valence-corrected chi connectivity index (χ4v) is 5.42. The van der Waals surface area contributed by atoms with Crippen molar-refractivity contribution in [3.05, 3.63) is 65.2 Å². The Morgan fingerprint density at radius 1 is 0.848 bits per heavy atom. The second-order valence-electron chi connectivity index (χ2n) is 7.19. The maximum atomic E-state index is 13.8. The number of hydrogen-bond donors (Lipinski definition) is 0. The van der Waals surface area contributed by atoms with E-state index in [0.717, 1.165) is 18.6 Å². The first-order valence-corrected chi connectivity index (χ1v) is 11.8. The summed E-state index contributed by atoms with van der Waals surface area (Å²) in [5.41, 5.74) is -7.44. The Bertz CT molecular complexity index is 999. The Morgan fingerprint density at radius 3 is 1.88 bits per heavy atom. The molecule has 0 aromatic heterocycles. The first kappa shape index (κ1) is 26.6. The summed E-state index contributed by atoms with van der Waals surface area (Å²) in [6, 6.07) is 7.43. The Balaban J connectivity index is 2.64. The maximum absolute atomic E-state index is 13.8. The van der Waals surface area contributed by atoms with Crippen LogP contribution in [0.2, 0.25) is 0 Å². The maximum Gasteiger partial charge on any atom is 0.417 e. The molecular formula is C22H21F6O4P. The lowest BCUT2D eigenvalue weighted by Gasteiger charge is -2.22. The summed E-state index contributed by atoms with van der Waals surface area (Å²) in [5, 5.41) is -0.342. The van der Waals surface area contributed by atoms with Crippen molar-refractivity contribution in [1.82, 2.24) is 0 Å². The van der Waals surface area contributed by atoms with E-state index in [4.69, 9.17) is 4.74 Å². The SMILES string of the molecule is CCCCCOC(=O)CP(=O)(C(=O)c1c(C(F)(F)F)cccc1C(F)(F)F)c1ccccc1. The monoisotopic (exact) mass is 494 g/mol. The summed E-state index contributed by atoms with van der Waals surface area (Å²) in [4.78, 5) is 25.5. The molecule has 0 saturated carbocycles. The molecule has 0 aliphatic carbocycles. The number of rotatable bonds is 9. The van der Waals surface area contributed by atoms with Crippen molar-refractivity contribution in [2.45, 2.75) is 38.5 Å². The molecule has 2 rings (SSSR count). The van der Waals surface area contributed by atoms with Crippen molar-refractivity contribution in [2.24, 2.45) is 0 Å². The van der Waals surface area contributed by atoms with Gasteiger partial charge in [0.05, 0.1) is 23.3 Å². The Kier molecular flexibility index (Phi) is 8.52. The first-order valence-electron chi connectivity index (χ1n) is 9.95. The average molecular weight is 494 g/mol. The summed E-state index contributed by atoms with van der Waals surface area (Å²) < 4.78 is 100. The number of benzene rings is 2. The van der Waals surface area contributed by atoms with Gasteiger partial charge in [0, 0.05) is 5.30 Å². The number of carbonyl (C=O) groups excluding carboxylic acids is 2. The topological polar surface area (TPSA) is 60.4 Å². The normalized spacial score (nSPS) is 13.9. The molecule has 4 nitrogen and oxygen atoms in total. The fourth-order valence-electron chi connectivity index (χ4n) is 3.15. The highest BCUT2D eigenvalue weighted by molar-refractivity contribution is 7.88. The van der Waals surface area contributed by atoms with Gasteiger partial charge in [-0.1, -0.05) is 56.2 Å². The lowest BCUT2D eigenvalue weighted by atomic mass is 10.0. The van der Waals surface area contributed by atoms with Crippen LogP contribution in [0, 0.1) is 0 Å². The van der Waals surface area contributed by atoms with Gasteiger partial charge in [-0.05, 0) is 18.6 Å². The van der Waals surface area contributed by atoms with Crippen molar-refractivity contribution in [3.63, 3.8) is 0 Å². The van der Waals surface area contributed by atoms with Crippen molar-refractivity contribution >= 4 is 23.9 Å². The van der Waals surface area contributed by atoms with Crippen LogP contribution in [0.25, 0.3) is 0 Å². The molecule has 0 fully saturated rings. The van der Waals surface area contributed by atoms with E-state index in [1.807, 2.05) is 6.92 Å². The summed E-state index contributed by atoms with van der Waals surface area (Å²) >= 11 is 0. The van der Waals surface area contributed by atoms with Crippen LogP contribution in [0.4, 0.5) is 26.3 Å². The summed E-state index contributed by atoms with van der Waals surface area (Å²) in [7, 11) is -4.80. The van der Waals surface area contributed by atoms with Gasteiger partial charge in [0.25, 0.3) is 0 Å². The first-order chi connectivity index (χ1) is 15.3. The highest BCUT2D eigenvalue weighted by Gasteiger charge is 2.48. The summed E-state index contributed by atoms with van der Waals surface area (Å²) in [5.74, 6) is -1.15. The second kappa shape index (κ2) is 10.5. The molecule has 33 heavy (non-hydrogen) atoms. The van der Waals surface area contributed by atoms with E-state index in [0.29, 0.717) is 31.0 Å². The third-order valence-electron chi connectivity index (χ3n) is 4.75. The standard InChI is InChI=1S/C22H21F6O4P/c1-2-3-7-13-32-18(29)14-33(31,15-9-5-4-6-10-15)20(30)19-16(21(23,24)25)11-8-12-17(19)22(26,27)28/h4-6,8-12H,2-3,7,13-14H2,1H3. The minimum atomic E-state index is -5.34. The predicted octanol–water partition coefficient (Wildman–Crippen LogP) is 6.29. The molecule has 1 atom stereocenters. The zero-order valence-corrected chi connectivity index (χ0v) is 18.4. The number of hydrogen-bond acceptors (Lipinski definition) is 4. The van der Waals surface area contributed by atoms with Crippen molar-refractivity contribution in [2.75, 3.05) is 12.8 Å². The van der Waals surface area contributed by atoms with E-state index in [1.54, 1.807) is 0 Å². The smallest absolute Gasteiger partial charge is 0.417 e. The van der Waals surface area contributed by atoms with E-state index >= 15 is 0 Å². The quantitative estimate of drug-likeness (QED) is 0.178. The van der Waals surface area contributed by atoms with Crippen molar-refractivity contribution in [3.8, 4) is 0 Å². The zero-order chi connectivity index (χ0) is 24.9. The Labute approximate surface area is 186 Å². The molecule has 0 bridgehead atoms. The van der Waals surface area contributed by atoms with Gasteiger partial charge in [-0.25, -0.2) is 0 Å². The number of unbranched alkanes of at least 4 members (excludes halogenated alkanes) is 2. The summed E-state index contributed by atoms with van der Waals surface area (Å²) in [6.07, 6.45) is -9.88. The van der Waals surface area contributed by atoms with Crippen LogP contribution in [-0.2, 0) is 26.4 Å². The lowest BCUT2D eigenvalue weighted by Crippen LogP contribution is -2.26. The van der Waals surface area contributed by atoms with E-state index < -0.39 is 53.8 Å². The minimum Gasteiger partial charge on any atom is -0.465 e. The van der Waals surface area contributed by atoms with Crippen LogP contribution in [0.5, 0.6) is 0 Å². The molecule has 2 aromatic rings. The Morgan fingerprint density at radius 2 is 1.39 bits per heavy atom. The van der Waals surface area contributed by atoms with Gasteiger partial charge in [0.15, 0.2) is 7.14 Å². The van der Waals surface area contributed by atoms with Gasteiger partial charge in [0.1, 0.15) is 6.16 Å². The van der Waals surface area contributed by atoms with Gasteiger partial charge in [-0.2, -0.15) is 26.3 Å². The molecule has 2 aromatic carbocycles. The Hall–Kier alpha value is -2.61. The molecule has 0 heterocycles. The largest absolute Gasteiger partial charge is 0.465 e. The number of halogens is 6. The molecule has 0 spiro atoms. The van der Waals surface area contributed by atoms with E-state index in [2.05, 4.69) is 0 Å². The number of alkyl halides is 6. The van der Waals surface area contributed by atoms with Crippen LogP contribution < -0.4 is 5.30 Å². The van der Waals surface area contributed by atoms with Gasteiger partial charge in [-0.3, -0.25) is 9.59 Å². The average Bonchev–Trinajstić information content (AvgIpc) is 2.75. The summed E-state index contributed by atoms with van der Waals surface area (Å²) in [6.45, 7) is 1.81. The van der Waals surface area contributed by atoms with Crippen molar-refractivity contribution < 1.29 is 45.2 Å². The third kappa shape index (κ3) is 6.47. The molecule has 0 saturated heterocycles. The van der Waals surface area contributed by atoms with E-state index in [-0.39, 0.29) is 11.9 Å². The number of carbonyl (C=O) groups is 2. The van der Waals surface area contributed by atoms with Gasteiger partial charge >= 0.3 is 18.3 Å². The fraction of sp³-hybridized carbons (Fsp3) is 0.364. The van der Waals surface area contributed by atoms with Crippen LogP contribution in [-0.4, -0.2) is 24.3 Å². The molecule has 0 N–H and O–H groups in total. The highest BCUT2D eigenvalue weighted by Crippen LogP contribution is 2.52. The van der Waals surface area contributed by atoms with E-state index in [1.165, 1.54) is 18.2 Å². The van der Waals surface area contributed by atoms with Gasteiger partial charge in [-0.15, -0.1) is 0 Å². The minimum absolute atomic E-state index is 0.0808. The molecule has 180 valence electrons. The number of ether oxygens (including phenoxy) is 1. The second-order valence-corrected chi connectivity index (χ2v) is 9.91. The molecule has 1 unspecified atom stereocenters. The van der Waals surface area contributed by atoms with Gasteiger partial charge < -0.3 is 9.30 Å². The van der Waals surface area contributed by atoms with Crippen LogP contribution in [0.3, 0.4) is 0 Å². The van der Waals surface area contributed by atoms with Crippen LogP contribution >= 0.6 is 7.14 Å². The van der Waals surface area contributed by atoms with Gasteiger partial charge in [0.2, 0.25) is 5.52 Å². The molecule has 0 aliphatic rings. The molecule has 0 aliphatic heterocycles. The molecule has 0 amide bonds.